The van der Waals surface area contributed by atoms with Gasteiger partial charge in [0, 0.05) is 5.56 Å². The molecule has 20 heavy (non-hydrogen) atoms. The van der Waals surface area contributed by atoms with Gasteiger partial charge in [-0.25, -0.2) is 4.79 Å². The average Bonchev–Trinajstić information content (AvgIpc) is 2.39. The molecule has 0 aromatic heterocycles. The van der Waals surface area contributed by atoms with Crippen LogP contribution in [0.4, 0.5) is 0 Å². The number of aromatic hydroxyl groups is 1. The van der Waals surface area contributed by atoms with Crippen molar-refractivity contribution in [3.05, 3.63) is 47.5 Å². The van der Waals surface area contributed by atoms with Crippen LogP contribution in [0.2, 0.25) is 0 Å². The molecule has 0 amide bonds. The molecule has 0 fully saturated rings. The van der Waals surface area contributed by atoms with Gasteiger partial charge in [-0.3, -0.25) is 0 Å². The molecule has 0 heterocycles. The number of benzene rings is 2. The second-order valence-electron chi connectivity index (χ2n) is 4.45. The summed E-state index contributed by atoms with van der Waals surface area (Å²) < 4.78 is 10.5. The molecule has 2 aromatic rings. The number of carbonyl (C=O) groups is 1. The maximum absolute atomic E-state index is 12.2. The molecule has 0 aliphatic rings. The second kappa shape index (κ2) is 5.69. The quantitative estimate of drug-likeness (QED) is 0.517. The van der Waals surface area contributed by atoms with Crippen molar-refractivity contribution in [3.63, 3.8) is 0 Å². The number of rotatable bonds is 3. The molecule has 0 aliphatic carbocycles. The Bertz CT molecular complexity index is 638. The molecule has 0 atom stereocenters. The second-order valence-corrected chi connectivity index (χ2v) is 4.45. The minimum absolute atomic E-state index is 0.110. The van der Waals surface area contributed by atoms with E-state index in [2.05, 4.69) is 0 Å². The summed E-state index contributed by atoms with van der Waals surface area (Å²) in [5.41, 5.74) is 1.45. The van der Waals surface area contributed by atoms with Gasteiger partial charge in [-0.2, -0.15) is 0 Å². The van der Waals surface area contributed by atoms with Crippen molar-refractivity contribution in [1.82, 2.24) is 0 Å². The molecule has 1 N–H and O–H groups in total. The van der Waals surface area contributed by atoms with Crippen molar-refractivity contribution in [3.8, 4) is 17.2 Å². The van der Waals surface area contributed by atoms with Gasteiger partial charge in [0.2, 0.25) is 0 Å². The zero-order valence-electron chi connectivity index (χ0n) is 11.6. The van der Waals surface area contributed by atoms with Crippen LogP contribution < -0.4 is 14.9 Å². The predicted molar refractivity (Wildman–Crippen MR) is 79.0 cm³/mol. The summed E-state index contributed by atoms with van der Waals surface area (Å²) in [6, 6.07) is 10.2. The highest BCUT2D eigenvalue weighted by Gasteiger charge is 2.21. The Morgan fingerprint density at radius 3 is 2.50 bits per heavy atom. The van der Waals surface area contributed by atoms with Crippen LogP contribution in [0, 0.1) is 6.92 Å². The summed E-state index contributed by atoms with van der Waals surface area (Å²) >= 11 is 0. The van der Waals surface area contributed by atoms with Crippen LogP contribution in [0.3, 0.4) is 0 Å². The molecule has 0 bridgehead atoms. The van der Waals surface area contributed by atoms with Crippen molar-refractivity contribution < 1.29 is 19.4 Å². The lowest BCUT2D eigenvalue weighted by Crippen LogP contribution is -2.16. The van der Waals surface area contributed by atoms with Gasteiger partial charge in [-0.1, -0.05) is 18.2 Å². The molecule has 0 unspecified atom stereocenters. The van der Waals surface area contributed by atoms with Crippen LogP contribution in [0.25, 0.3) is 0 Å². The average molecular weight is 270 g/mol. The van der Waals surface area contributed by atoms with Crippen molar-refractivity contribution in [1.29, 1.82) is 0 Å². The summed E-state index contributed by atoms with van der Waals surface area (Å²) in [6.45, 7) is 1.72. The van der Waals surface area contributed by atoms with Crippen LogP contribution in [-0.2, 0) is 0 Å². The summed E-state index contributed by atoms with van der Waals surface area (Å²) in [5, 5.41) is 9.98. The van der Waals surface area contributed by atoms with E-state index in [1.807, 2.05) is 6.07 Å². The highest BCUT2D eigenvalue weighted by molar-refractivity contribution is 6.35. The van der Waals surface area contributed by atoms with Crippen LogP contribution in [0.1, 0.15) is 15.9 Å². The van der Waals surface area contributed by atoms with Gasteiger partial charge in [0.1, 0.15) is 30.7 Å². The topological polar surface area (TPSA) is 55.8 Å². The van der Waals surface area contributed by atoms with E-state index in [-0.39, 0.29) is 11.3 Å². The Morgan fingerprint density at radius 1 is 1.25 bits per heavy atom. The molecule has 0 aliphatic heterocycles. The summed E-state index contributed by atoms with van der Waals surface area (Å²) in [4.78, 5) is 12.2. The third kappa shape index (κ3) is 2.61. The lowest BCUT2D eigenvalue weighted by atomic mass is 9.90. The molecule has 0 spiro atoms. The summed E-state index contributed by atoms with van der Waals surface area (Å²) in [5.74, 6) is 0.282. The fourth-order valence-electron chi connectivity index (χ4n) is 2.16. The standard InChI is InChI=1S/C15H15BO4/c1-9-13(12(17)8-11(16)14(9)19-2)15(18)20-10-6-4-3-5-7-10/h3-8,17H,16H2,1-2H3. The minimum atomic E-state index is -0.607. The van der Waals surface area contributed by atoms with E-state index in [0.717, 1.165) is 5.46 Å². The van der Waals surface area contributed by atoms with E-state index in [1.165, 1.54) is 13.2 Å². The largest absolute Gasteiger partial charge is 0.507 e. The van der Waals surface area contributed by atoms with E-state index in [9.17, 15) is 9.90 Å². The first kappa shape index (κ1) is 14.0. The number of ether oxygens (including phenoxy) is 2. The van der Waals surface area contributed by atoms with Gasteiger partial charge < -0.3 is 14.6 Å². The Morgan fingerprint density at radius 2 is 1.90 bits per heavy atom. The first-order valence-electron chi connectivity index (χ1n) is 6.19. The van der Waals surface area contributed by atoms with Crippen LogP contribution in [0.15, 0.2) is 36.4 Å². The molecule has 2 rings (SSSR count). The highest BCUT2D eigenvalue weighted by Crippen LogP contribution is 2.28. The van der Waals surface area contributed by atoms with Crippen molar-refractivity contribution in [2.24, 2.45) is 0 Å². The fourth-order valence-corrected chi connectivity index (χ4v) is 2.16. The van der Waals surface area contributed by atoms with E-state index in [4.69, 9.17) is 9.47 Å². The minimum Gasteiger partial charge on any atom is -0.507 e. The van der Waals surface area contributed by atoms with Crippen LogP contribution >= 0.6 is 0 Å². The SMILES string of the molecule is Bc1cc(O)c(C(=O)Oc2ccccc2)c(C)c1OC. The zero-order valence-corrected chi connectivity index (χ0v) is 11.6. The number of para-hydroxylation sites is 1. The normalized spacial score (nSPS) is 10.1. The molecular weight excluding hydrogens is 255 g/mol. The van der Waals surface area contributed by atoms with E-state index in [0.29, 0.717) is 17.1 Å². The smallest absolute Gasteiger partial charge is 0.347 e. The number of hydrogen-bond donors (Lipinski definition) is 1. The number of carbonyl (C=O) groups excluding carboxylic acids is 1. The molecule has 4 nitrogen and oxygen atoms in total. The molecule has 0 radical (unpaired) electrons. The first-order chi connectivity index (χ1) is 9.54. The lowest BCUT2D eigenvalue weighted by Gasteiger charge is -2.14. The number of esters is 1. The van der Waals surface area contributed by atoms with E-state index >= 15 is 0 Å². The van der Waals surface area contributed by atoms with Gasteiger partial charge in [0.15, 0.2) is 0 Å². The number of hydrogen-bond acceptors (Lipinski definition) is 4. The van der Waals surface area contributed by atoms with E-state index < -0.39 is 5.97 Å². The van der Waals surface area contributed by atoms with Crippen molar-refractivity contribution >= 4 is 19.3 Å². The predicted octanol–water partition coefficient (Wildman–Crippen LogP) is 1.19. The maximum Gasteiger partial charge on any atom is 0.347 e. The molecule has 102 valence electrons. The third-order valence-electron chi connectivity index (χ3n) is 3.05. The zero-order chi connectivity index (χ0) is 14.7. The lowest BCUT2D eigenvalue weighted by molar-refractivity contribution is 0.0730. The first-order valence-corrected chi connectivity index (χ1v) is 6.19. The van der Waals surface area contributed by atoms with Crippen LogP contribution in [-0.4, -0.2) is 26.0 Å². The maximum atomic E-state index is 12.2. The highest BCUT2D eigenvalue weighted by atomic mass is 16.5. The fraction of sp³-hybridized carbons (Fsp3) is 0.133. The van der Waals surface area contributed by atoms with Crippen molar-refractivity contribution in [2.75, 3.05) is 7.11 Å². The van der Waals surface area contributed by atoms with Gasteiger partial charge in [0.25, 0.3) is 0 Å². The molecular formula is C15H15BO4. The number of phenolic OH excluding ortho intramolecular Hbond substituents is 1. The van der Waals surface area contributed by atoms with Gasteiger partial charge in [-0.05, 0) is 30.6 Å². The number of phenols is 1. The van der Waals surface area contributed by atoms with Gasteiger partial charge in [-0.15, -0.1) is 0 Å². The summed E-state index contributed by atoms with van der Waals surface area (Å²) in [6.07, 6.45) is 0. The van der Waals surface area contributed by atoms with Crippen molar-refractivity contribution in [2.45, 2.75) is 6.92 Å². The Hall–Kier alpha value is -2.43. The van der Waals surface area contributed by atoms with Gasteiger partial charge >= 0.3 is 5.97 Å². The molecule has 5 heteroatoms. The Balaban J connectivity index is 2.40. The molecule has 2 aromatic carbocycles. The summed E-state index contributed by atoms with van der Waals surface area (Å²) in [7, 11) is 3.33. The monoisotopic (exact) mass is 270 g/mol. The van der Waals surface area contributed by atoms with Crippen LogP contribution in [0.5, 0.6) is 17.2 Å². The molecule has 0 saturated carbocycles. The number of methoxy groups -OCH3 is 1. The van der Waals surface area contributed by atoms with E-state index in [1.54, 1.807) is 39.0 Å². The molecule has 0 saturated heterocycles. The Kier molecular flexibility index (Phi) is 3.98. The Labute approximate surface area is 118 Å². The van der Waals surface area contributed by atoms with Gasteiger partial charge in [0.05, 0.1) is 7.11 Å². The third-order valence-corrected chi connectivity index (χ3v) is 3.05.